The Hall–Kier alpha value is -1.97. The minimum absolute atomic E-state index is 0.355. The van der Waals surface area contributed by atoms with Gasteiger partial charge in [-0.1, -0.05) is 11.6 Å². The van der Waals surface area contributed by atoms with Crippen LogP contribution in [0, 0.1) is 0 Å². The molecule has 1 rings (SSSR count). The number of alkyl halides is 6. The first kappa shape index (κ1) is 19.1. The summed E-state index contributed by atoms with van der Waals surface area (Å²) in [6.45, 7) is 0. The monoisotopic (exact) mass is 363 g/mol. The van der Waals surface area contributed by atoms with Crippen LogP contribution in [0.15, 0.2) is 18.2 Å². The van der Waals surface area contributed by atoms with E-state index in [-0.39, 0.29) is 0 Å². The van der Waals surface area contributed by atoms with Crippen molar-refractivity contribution in [2.45, 2.75) is 24.8 Å². The standard InChI is InChI=1S/C12H8ClF6NO3/c13-7-2-5(1-6(3-7)12(17,18)19)9(21)20-8(10(22)23)4-11(14,15)16/h1-3,8H,4H2,(H,20,21)(H,22,23). The number of hydrogen-bond acceptors (Lipinski definition) is 2. The minimum Gasteiger partial charge on any atom is -0.480 e. The Kier molecular flexibility index (Phi) is 5.51. The summed E-state index contributed by atoms with van der Waals surface area (Å²) in [5.74, 6) is -3.40. The van der Waals surface area contributed by atoms with E-state index in [2.05, 4.69) is 0 Å². The van der Waals surface area contributed by atoms with E-state index in [1.54, 1.807) is 0 Å². The fourth-order valence-electron chi connectivity index (χ4n) is 1.56. The van der Waals surface area contributed by atoms with Gasteiger partial charge in [-0.2, -0.15) is 26.3 Å². The van der Waals surface area contributed by atoms with Crippen molar-refractivity contribution in [1.82, 2.24) is 5.32 Å². The van der Waals surface area contributed by atoms with Crippen molar-refractivity contribution >= 4 is 23.5 Å². The molecular formula is C12H8ClF6NO3. The third-order valence-corrected chi connectivity index (χ3v) is 2.74. The van der Waals surface area contributed by atoms with Crippen LogP contribution in [-0.2, 0) is 11.0 Å². The van der Waals surface area contributed by atoms with E-state index in [0.29, 0.717) is 12.1 Å². The molecule has 4 nitrogen and oxygen atoms in total. The number of carbonyl (C=O) groups is 2. The zero-order valence-electron chi connectivity index (χ0n) is 10.9. The molecule has 0 radical (unpaired) electrons. The Labute approximate surface area is 130 Å². The molecule has 23 heavy (non-hydrogen) atoms. The van der Waals surface area contributed by atoms with Crippen LogP contribution in [0.25, 0.3) is 0 Å². The van der Waals surface area contributed by atoms with Crippen LogP contribution < -0.4 is 5.32 Å². The molecule has 0 aromatic heterocycles. The van der Waals surface area contributed by atoms with Crippen molar-refractivity contribution < 1.29 is 41.0 Å². The lowest BCUT2D eigenvalue weighted by molar-refractivity contribution is -0.157. The summed E-state index contributed by atoms with van der Waals surface area (Å²) in [7, 11) is 0. The highest BCUT2D eigenvalue weighted by molar-refractivity contribution is 6.31. The number of hydrogen-bond donors (Lipinski definition) is 2. The molecule has 0 saturated heterocycles. The number of carbonyl (C=O) groups excluding carboxylic acids is 1. The average molecular weight is 364 g/mol. The molecule has 128 valence electrons. The van der Waals surface area contributed by atoms with Gasteiger partial charge in [0.05, 0.1) is 12.0 Å². The second-order valence-corrected chi connectivity index (χ2v) is 4.85. The van der Waals surface area contributed by atoms with Crippen LogP contribution in [0.4, 0.5) is 26.3 Å². The van der Waals surface area contributed by atoms with E-state index in [1.807, 2.05) is 0 Å². The molecule has 1 unspecified atom stereocenters. The van der Waals surface area contributed by atoms with Crippen molar-refractivity contribution in [3.05, 3.63) is 34.3 Å². The SMILES string of the molecule is O=C(NC(CC(F)(F)F)C(=O)O)c1cc(Cl)cc(C(F)(F)F)c1. The molecular weight excluding hydrogens is 356 g/mol. The van der Waals surface area contributed by atoms with Gasteiger partial charge in [-0.25, -0.2) is 4.79 Å². The maximum Gasteiger partial charge on any atom is 0.416 e. The van der Waals surface area contributed by atoms with Crippen LogP contribution in [0.5, 0.6) is 0 Å². The van der Waals surface area contributed by atoms with E-state index >= 15 is 0 Å². The fraction of sp³-hybridized carbons (Fsp3) is 0.333. The lowest BCUT2D eigenvalue weighted by Gasteiger charge is -2.17. The van der Waals surface area contributed by atoms with Gasteiger partial charge in [-0.3, -0.25) is 4.79 Å². The van der Waals surface area contributed by atoms with E-state index in [1.165, 1.54) is 5.32 Å². The molecule has 0 aliphatic heterocycles. The first-order valence-corrected chi connectivity index (χ1v) is 6.15. The summed E-state index contributed by atoms with van der Waals surface area (Å²) in [6.07, 6.45) is -11.6. The molecule has 1 amide bonds. The van der Waals surface area contributed by atoms with Crippen molar-refractivity contribution in [2.24, 2.45) is 0 Å². The average Bonchev–Trinajstić information content (AvgIpc) is 2.34. The van der Waals surface area contributed by atoms with Gasteiger partial charge in [0.1, 0.15) is 6.04 Å². The minimum atomic E-state index is -4.89. The molecule has 0 heterocycles. The number of carboxylic acids is 1. The third kappa shape index (κ3) is 5.97. The van der Waals surface area contributed by atoms with Crippen molar-refractivity contribution in [1.29, 1.82) is 0 Å². The van der Waals surface area contributed by atoms with Gasteiger partial charge in [0.25, 0.3) is 5.91 Å². The topological polar surface area (TPSA) is 66.4 Å². The largest absolute Gasteiger partial charge is 0.480 e. The zero-order chi connectivity index (χ0) is 18.0. The lowest BCUT2D eigenvalue weighted by Crippen LogP contribution is -2.43. The number of amides is 1. The predicted octanol–water partition coefficient (Wildman–Crippen LogP) is 3.49. The molecule has 1 aromatic rings. The van der Waals surface area contributed by atoms with Crippen molar-refractivity contribution in [3.8, 4) is 0 Å². The van der Waals surface area contributed by atoms with E-state index < -0.39 is 52.8 Å². The first-order valence-electron chi connectivity index (χ1n) is 5.78. The van der Waals surface area contributed by atoms with Gasteiger partial charge in [0.15, 0.2) is 0 Å². The highest BCUT2D eigenvalue weighted by Gasteiger charge is 2.37. The first-order chi connectivity index (χ1) is 10.3. The molecule has 0 fully saturated rings. The number of rotatable bonds is 4. The van der Waals surface area contributed by atoms with Gasteiger partial charge >= 0.3 is 18.3 Å². The summed E-state index contributed by atoms with van der Waals surface area (Å²) < 4.78 is 74.4. The number of halogens is 7. The van der Waals surface area contributed by atoms with E-state index in [9.17, 15) is 35.9 Å². The van der Waals surface area contributed by atoms with Crippen molar-refractivity contribution in [3.63, 3.8) is 0 Å². The molecule has 0 aliphatic carbocycles. The molecule has 0 saturated carbocycles. The summed E-state index contributed by atoms with van der Waals surface area (Å²) in [5, 5.41) is 9.68. The number of nitrogens with one attached hydrogen (secondary N) is 1. The van der Waals surface area contributed by atoms with E-state index in [4.69, 9.17) is 16.7 Å². The second kappa shape index (κ2) is 6.65. The van der Waals surface area contributed by atoms with Crippen LogP contribution in [0.2, 0.25) is 5.02 Å². The third-order valence-electron chi connectivity index (χ3n) is 2.53. The summed E-state index contributed by atoms with van der Waals surface area (Å²) in [4.78, 5) is 22.4. The van der Waals surface area contributed by atoms with Crippen LogP contribution in [-0.4, -0.2) is 29.2 Å². The van der Waals surface area contributed by atoms with Gasteiger partial charge < -0.3 is 10.4 Å². The van der Waals surface area contributed by atoms with Crippen LogP contribution >= 0.6 is 11.6 Å². The zero-order valence-corrected chi connectivity index (χ0v) is 11.7. The molecule has 0 bridgehead atoms. The maximum absolute atomic E-state index is 12.6. The second-order valence-electron chi connectivity index (χ2n) is 4.41. The fourth-order valence-corrected chi connectivity index (χ4v) is 1.79. The highest BCUT2D eigenvalue weighted by Crippen LogP contribution is 2.32. The lowest BCUT2D eigenvalue weighted by atomic mass is 10.1. The maximum atomic E-state index is 12.6. The van der Waals surface area contributed by atoms with Gasteiger partial charge in [0, 0.05) is 10.6 Å². The smallest absolute Gasteiger partial charge is 0.416 e. The molecule has 2 N–H and O–H groups in total. The predicted molar refractivity (Wildman–Crippen MR) is 66.0 cm³/mol. The number of benzene rings is 1. The van der Waals surface area contributed by atoms with Crippen molar-refractivity contribution in [2.75, 3.05) is 0 Å². The summed E-state index contributed by atoms with van der Waals surface area (Å²) >= 11 is 5.43. The Morgan fingerprint density at radius 1 is 1.13 bits per heavy atom. The molecule has 0 spiro atoms. The quantitative estimate of drug-likeness (QED) is 0.805. The van der Waals surface area contributed by atoms with Gasteiger partial charge in [-0.15, -0.1) is 0 Å². The summed E-state index contributed by atoms with van der Waals surface area (Å²) in [6, 6.07) is -0.689. The Morgan fingerprint density at radius 3 is 2.13 bits per heavy atom. The molecule has 11 heteroatoms. The van der Waals surface area contributed by atoms with Crippen LogP contribution in [0.3, 0.4) is 0 Å². The van der Waals surface area contributed by atoms with Crippen LogP contribution in [0.1, 0.15) is 22.3 Å². The summed E-state index contributed by atoms with van der Waals surface area (Å²) in [5.41, 5.74) is -2.00. The highest BCUT2D eigenvalue weighted by atomic mass is 35.5. The van der Waals surface area contributed by atoms with E-state index in [0.717, 1.165) is 6.07 Å². The Bertz CT molecular complexity index is 614. The van der Waals surface area contributed by atoms with Gasteiger partial charge in [0.2, 0.25) is 0 Å². The molecule has 1 aromatic carbocycles. The Morgan fingerprint density at radius 2 is 1.70 bits per heavy atom. The molecule has 1 atom stereocenters. The molecule has 0 aliphatic rings. The number of carboxylic acid groups (broad SMARTS) is 1. The normalized spacial score (nSPS) is 13.5. The number of aliphatic carboxylic acids is 1. The Balaban J connectivity index is 3.05. The van der Waals surface area contributed by atoms with Gasteiger partial charge in [-0.05, 0) is 18.2 Å².